The predicted octanol–water partition coefficient (Wildman–Crippen LogP) is 4.03. The summed E-state index contributed by atoms with van der Waals surface area (Å²) in [4.78, 5) is 4.21. The van der Waals surface area contributed by atoms with E-state index in [0.29, 0.717) is 17.0 Å². The zero-order chi connectivity index (χ0) is 14.1. The third-order valence-electron chi connectivity index (χ3n) is 3.03. The van der Waals surface area contributed by atoms with Crippen LogP contribution in [0.5, 0.6) is 0 Å². The fraction of sp³-hybridized carbons (Fsp3) is 0.133. The van der Waals surface area contributed by atoms with Gasteiger partial charge in [-0.2, -0.15) is 0 Å². The maximum atomic E-state index is 13.5. The summed E-state index contributed by atoms with van der Waals surface area (Å²) in [6, 6.07) is 9.17. The van der Waals surface area contributed by atoms with Crippen molar-refractivity contribution >= 4 is 16.8 Å². The van der Waals surface area contributed by atoms with Crippen LogP contribution in [0.15, 0.2) is 40.8 Å². The molecule has 0 atom stereocenters. The quantitative estimate of drug-likeness (QED) is 0.783. The number of nitrogens with zero attached hydrogens (tertiary/aromatic N) is 1. The second kappa shape index (κ2) is 4.92. The third kappa shape index (κ3) is 2.34. The average molecular weight is 274 g/mol. The van der Waals surface area contributed by atoms with Gasteiger partial charge in [-0.15, -0.1) is 0 Å². The van der Waals surface area contributed by atoms with Gasteiger partial charge in [0.25, 0.3) is 0 Å². The number of fused-ring (bicyclic) bond motifs is 1. The maximum Gasteiger partial charge on any atom is 0.192 e. The molecule has 3 rings (SSSR count). The SMILES string of the molecule is Cc1nc2cc(NCc3c(F)cccc3F)ccc2o1. The number of oxazole rings is 1. The van der Waals surface area contributed by atoms with Gasteiger partial charge in [-0.1, -0.05) is 6.07 Å². The van der Waals surface area contributed by atoms with Crippen LogP contribution < -0.4 is 5.32 Å². The number of hydrogen-bond acceptors (Lipinski definition) is 3. The van der Waals surface area contributed by atoms with Crippen molar-refractivity contribution in [3.63, 3.8) is 0 Å². The molecule has 0 saturated carbocycles. The van der Waals surface area contributed by atoms with Crippen LogP contribution in [0, 0.1) is 18.6 Å². The van der Waals surface area contributed by atoms with Gasteiger partial charge in [0.15, 0.2) is 11.5 Å². The minimum Gasteiger partial charge on any atom is -0.441 e. The van der Waals surface area contributed by atoms with Crippen LogP contribution in [0.1, 0.15) is 11.5 Å². The van der Waals surface area contributed by atoms with Gasteiger partial charge in [-0.25, -0.2) is 13.8 Å². The van der Waals surface area contributed by atoms with E-state index in [1.807, 2.05) is 0 Å². The van der Waals surface area contributed by atoms with Crippen molar-refractivity contribution < 1.29 is 13.2 Å². The Hall–Kier alpha value is -2.43. The van der Waals surface area contributed by atoms with Crippen molar-refractivity contribution in [2.45, 2.75) is 13.5 Å². The van der Waals surface area contributed by atoms with E-state index in [1.165, 1.54) is 18.2 Å². The Morgan fingerprint density at radius 2 is 1.90 bits per heavy atom. The average Bonchev–Trinajstić information content (AvgIpc) is 2.77. The van der Waals surface area contributed by atoms with Crippen LogP contribution in [-0.4, -0.2) is 4.98 Å². The van der Waals surface area contributed by atoms with Crippen molar-refractivity contribution in [3.8, 4) is 0 Å². The number of rotatable bonds is 3. The molecule has 0 aliphatic carbocycles. The lowest BCUT2D eigenvalue weighted by Crippen LogP contribution is -2.04. The fourth-order valence-electron chi connectivity index (χ4n) is 2.04. The molecule has 0 unspecified atom stereocenters. The Morgan fingerprint density at radius 3 is 2.65 bits per heavy atom. The smallest absolute Gasteiger partial charge is 0.192 e. The van der Waals surface area contributed by atoms with Crippen molar-refractivity contribution in [2.24, 2.45) is 0 Å². The van der Waals surface area contributed by atoms with Crippen LogP contribution in [0.3, 0.4) is 0 Å². The molecule has 0 fully saturated rings. The molecule has 1 aromatic heterocycles. The van der Waals surface area contributed by atoms with Crippen LogP contribution in [0.25, 0.3) is 11.1 Å². The minimum atomic E-state index is -0.559. The van der Waals surface area contributed by atoms with E-state index in [9.17, 15) is 8.78 Å². The Bertz CT molecular complexity index is 747. The highest BCUT2D eigenvalue weighted by atomic mass is 19.1. The van der Waals surface area contributed by atoms with E-state index in [-0.39, 0.29) is 12.1 Å². The molecule has 0 saturated heterocycles. The molecule has 5 heteroatoms. The van der Waals surface area contributed by atoms with Crippen molar-refractivity contribution in [2.75, 3.05) is 5.32 Å². The second-order valence-corrected chi connectivity index (χ2v) is 4.47. The van der Waals surface area contributed by atoms with Crippen LogP contribution in [0.4, 0.5) is 14.5 Å². The summed E-state index contributed by atoms with van der Waals surface area (Å²) in [6.07, 6.45) is 0. The molecule has 2 aromatic carbocycles. The van der Waals surface area contributed by atoms with Crippen LogP contribution >= 0.6 is 0 Å². The zero-order valence-corrected chi connectivity index (χ0v) is 10.8. The monoisotopic (exact) mass is 274 g/mol. The van der Waals surface area contributed by atoms with Crippen molar-refractivity contribution in [1.82, 2.24) is 4.98 Å². The highest BCUT2D eigenvalue weighted by Gasteiger charge is 2.08. The summed E-state index contributed by atoms with van der Waals surface area (Å²) in [5.74, 6) is -0.538. The van der Waals surface area contributed by atoms with Gasteiger partial charge in [0.1, 0.15) is 17.2 Å². The number of anilines is 1. The van der Waals surface area contributed by atoms with E-state index in [4.69, 9.17) is 4.42 Å². The molecule has 20 heavy (non-hydrogen) atoms. The van der Waals surface area contributed by atoms with Gasteiger partial charge < -0.3 is 9.73 Å². The Morgan fingerprint density at radius 1 is 1.15 bits per heavy atom. The van der Waals surface area contributed by atoms with Gasteiger partial charge in [0.2, 0.25) is 0 Å². The predicted molar refractivity (Wildman–Crippen MR) is 72.4 cm³/mol. The molecule has 0 aliphatic rings. The fourth-order valence-corrected chi connectivity index (χ4v) is 2.04. The molecule has 102 valence electrons. The maximum absolute atomic E-state index is 13.5. The summed E-state index contributed by atoms with van der Waals surface area (Å²) < 4.78 is 32.4. The van der Waals surface area contributed by atoms with Gasteiger partial charge in [0.05, 0.1) is 0 Å². The van der Waals surface area contributed by atoms with Crippen molar-refractivity contribution in [3.05, 3.63) is 59.5 Å². The lowest BCUT2D eigenvalue weighted by Gasteiger charge is -2.08. The molecule has 3 nitrogen and oxygen atoms in total. The van der Waals surface area contributed by atoms with Gasteiger partial charge >= 0.3 is 0 Å². The van der Waals surface area contributed by atoms with Crippen LogP contribution in [-0.2, 0) is 6.54 Å². The molecule has 0 radical (unpaired) electrons. The molecule has 0 bridgehead atoms. The van der Waals surface area contributed by atoms with Gasteiger partial charge in [-0.3, -0.25) is 0 Å². The highest BCUT2D eigenvalue weighted by Crippen LogP contribution is 2.21. The topological polar surface area (TPSA) is 38.1 Å². The van der Waals surface area contributed by atoms with E-state index >= 15 is 0 Å². The largest absolute Gasteiger partial charge is 0.441 e. The van der Waals surface area contributed by atoms with E-state index in [2.05, 4.69) is 10.3 Å². The molecule has 0 amide bonds. The normalized spacial score (nSPS) is 10.9. The van der Waals surface area contributed by atoms with Crippen molar-refractivity contribution in [1.29, 1.82) is 0 Å². The molecule has 3 aromatic rings. The van der Waals surface area contributed by atoms with E-state index < -0.39 is 11.6 Å². The summed E-state index contributed by atoms with van der Waals surface area (Å²) in [7, 11) is 0. The number of halogens is 2. The van der Waals surface area contributed by atoms with Crippen LogP contribution in [0.2, 0.25) is 0 Å². The Balaban J connectivity index is 1.83. The first-order valence-corrected chi connectivity index (χ1v) is 6.17. The zero-order valence-electron chi connectivity index (χ0n) is 10.8. The summed E-state index contributed by atoms with van der Waals surface area (Å²) in [6.45, 7) is 1.84. The molecular formula is C15H12F2N2O. The lowest BCUT2D eigenvalue weighted by atomic mass is 10.2. The minimum absolute atomic E-state index is 0.0175. The first-order chi connectivity index (χ1) is 9.63. The van der Waals surface area contributed by atoms with Gasteiger partial charge in [-0.05, 0) is 30.3 Å². The molecule has 0 spiro atoms. The number of hydrogen-bond donors (Lipinski definition) is 1. The summed E-state index contributed by atoms with van der Waals surface area (Å²) in [5, 5.41) is 2.98. The second-order valence-electron chi connectivity index (χ2n) is 4.47. The third-order valence-corrected chi connectivity index (χ3v) is 3.03. The van der Waals surface area contributed by atoms with E-state index in [0.717, 1.165) is 5.69 Å². The first kappa shape index (κ1) is 12.6. The van der Waals surface area contributed by atoms with E-state index in [1.54, 1.807) is 25.1 Å². The molecule has 0 aliphatic heterocycles. The van der Waals surface area contributed by atoms with Gasteiger partial charge in [0, 0.05) is 24.7 Å². The number of nitrogens with one attached hydrogen (secondary N) is 1. The highest BCUT2D eigenvalue weighted by molar-refractivity contribution is 5.77. The Kier molecular flexibility index (Phi) is 3.10. The molecule has 1 heterocycles. The Labute approximate surface area is 114 Å². The number of benzene rings is 2. The number of aromatic nitrogens is 1. The summed E-state index contributed by atoms with van der Waals surface area (Å²) >= 11 is 0. The number of aryl methyl sites for hydroxylation is 1. The summed E-state index contributed by atoms with van der Waals surface area (Å²) in [5.41, 5.74) is 2.14. The first-order valence-electron chi connectivity index (χ1n) is 6.17. The standard InChI is InChI=1S/C15H12F2N2O/c1-9-19-14-7-10(5-6-15(14)20-9)18-8-11-12(16)3-2-4-13(11)17/h2-7,18H,8H2,1H3. The molecular weight excluding hydrogens is 262 g/mol. The lowest BCUT2D eigenvalue weighted by molar-refractivity contribution is 0.559. The molecule has 1 N–H and O–H groups in total.